The number of aromatic nitrogens is 2. The zero-order chi connectivity index (χ0) is 21.5. The molecule has 2 aromatic rings. The summed E-state index contributed by atoms with van der Waals surface area (Å²) in [7, 11) is 1.98. The topological polar surface area (TPSA) is 38.2 Å². The molecule has 158 valence electrons. The first kappa shape index (κ1) is 20.4. The number of alkyl halides is 3. The molecule has 0 spiro atoms. The first-order valence-electron chi connectivity index (χ1n) is 10.1. The number of halogens is 3. The van der Waals surface area contributed by atoms with E-state index in [1.807, 2.05) is 11.9 Å². The molecule has 7 heteroatoms. The molecule has 0 bridgehead atoms. The molecule has 2 heterocycles. The van der Waals surface area contributed by atoms with E-state index >= 15 is 0 Å². The maximum atomic E-state index is 12.5. The lowest BCUT2D eigenvalue weighted by molar-refractivity contribution is -0.274. The first-order chi connectivity index (χ1) is 14.2. The van der Waals surface area contributed by atoms with Crippen molar-refractivity contribution in [3.05, 3.63) is 59.1 Å². The Morgan fingerprint density at radius 1 is 1.17 bits per heavy atom. The van der Waals surface area contributed by atoms with Crippen molar-refractivity contribution >= 4 is 5.82 Å². The lowest BCUT2D eigenvalue weighted by Gasteiger charge is -2.27. The quantitative estimate of drug-likeness (QED) is 0.561. The van der Waals surface area contributed by atoms with Crippen LogP contribution in [0.25, 0.3) is 11.3 Å². The SMILES string of the molecule is CCC1=CN(C)c2nc(C3CC=C(C)C3)nc(-c3ccc(OC(F)(F)F)cc3)c2C1. The van der Waals surface area contributed by atoms with E-state index in [1.54, 1.807) is 12.1 Å². The summed E-state index contributed by atoms with van der Waals surface area (Å²) in [6.45, 7) is 4.22. The fourth-order valence-corrected chi connectivity index (χ4v) is 4.10. The largest absolute Gasteiger partial charge is 0.573 e. The Morgan fingerprint density at radius 3 is 2.50 bits per heavy atom. The normalized spacial score (nSPS) is 18.7. The highest BCUT2D eigenvalue weighted by molar-refractivity contribution is 5.72. The van der Waals surface area contributed by atoms with Crippen molar-refractivity contribution in [2.75, 3.05) is 11.9 Å². The third kappa shape index (κ3) is 4.20. The minimum atomic E-state index is -4.71. The average Bonchev–Trinajstić information content (AvgIpc) is 3.13. The molecule has 0 fully saturated rings. The van der Waals surface area contributed by atoms with E-state index in [1.165, 1.54) is 23.3 Å². The Hall–Kier alpha value is -2.83. The van der Waals surface area contributed by atoms with Crippen molar-refractivity contribution in [3.8, 4) is 17.0 Å². The van der Waals surface area contributed by atoms with Gasteiger partial charge in [0.05, 0.1) is 5.69 Å². The Bertz CT molecular complexity index is 1010. The van der Waals surface area contributed by atoms with Crippen LogP contribution in [0, 0.1) is 0 Å². The number of ether oxygens (including phenoxy) is 1. The molecular weight excluding hydrogens is 391 g/mol. The summed E-state index contributed by atoms with van der Waals surface area (Å²) in [5.41, 5.74) is 5.14. The van der Waals surface area contributed by atoms with Gasteiger partial charge < -0.3 is 9.64 Å². The van der Waals surface area contributed by atoms with Crippen molar-refractivity contribution in [1.82, 2.24) is 9.97 Å². The third-order valence-electron chi connectivity index (χ3n) is 5.62. The smallest absolute Gasteiger partial charge is 0.406 e. The van der Waals surface area contributed by atoms with E-state index in [2.05, 4.69) is 30.9 Å². The summed E-state index contributed by atoms with van der Waals surface area (Å²) in [5, 5.41) is 0. The summed E-state index contributed by atoms with van der Waals surface area (Å²) in [6, 6.07) is 5.94. The standard InChI is InChI=1S/C23H24F3N3O/c1-4-15-12-19-20(16-7-9-18(10-8-16)30-23(24,25)26)27-21(17-6-5-14(2)11-17)28-22(19)29(3)13-15/h5,7-10,13,17H,4,6,11-12H2,1-3H3. The zero-order valence-electron chi connectivity index (χ0n) is 17.3. The minimum absolute atomic E-state index is 0.229. The summed E-state index contributed by atoms with van der Waals surface area (Å²) >= 11 is 0. The molecule has 1 aliphatic heterocycles. The van der Waals surface area contributed by atoms with Gasteiger partial charge in [0.15, 0.2) is 0 Å². The molecule has 1 aromatic carbocycles. The van der Waals surface area contributed by atoms with Crippen molar-refractivity contribution in [2.45, 2.75) is 51.8 Å². The van der Waals surface area contributed by atoms with Gasteiger partial charge >= 0.3 is 6.36 Å². The van der Waals surface area contributed by atoms with Crippen LogP contribution in [0.1, 0.15) is 50.4 Å². The van der Waals surface area contributed by atoms with Crippen molar-refractivity contribution in [3.63, 3.8) is 0 Å². The van der Waals surface area contributed by atoms with Crippen molar-refractivity contribution in [1.29, 1.82) is 0 Å². The van der Waals surface area contributed by atoms with E-state index in [0.717, 1.165) is 54.1 Å². The molecule has 0 amide bonds. The van der Waals surface area contributed by atoms with Gasteiger partial charge in [-0.1, -0.05) is 18.6 Å². The van der Waals surface area contributed by atoms with Crippen molar-refractivity contribution < 1.29 is 17.9 Å². The lowest BCUT2D eigenvalue weighted by Crippen LogP contribution is -2.22. The third-order valence-corrected chi connectivity index (χ3v) is 5.62. The lowest BCUT2D eigenvalue weighted by atomic mass is 9.95. The van der Waals surface area contributed by atoms with E-state index in [0.29, 0.717) is 0 Å². The summed E-state index contributed by atoms with van der Waals surface area (Å²) in [5.74, 6) is 1.64. The molecule has 1 atom stereocenters. The molecule has 2 aliphatic rings. The molecular formula is C23H24F3N3O. The van der Waals surface area contributed by atoms with Gasteiger partial charge in [0.2, 0.25) is 0 Å². The molecule has 4 nitrogen and oxygen atoms in total. The second-order valence-corrected chi connectivity index (χ2v) is 7.92. The average molecular weight is 415 g/mol. The van der Waals surface area contributed by atoms with Crippen LogP contribution in [-0.2, 0) is 6.42 Å². The fourth-order valence-electron chi connectivity index (χ4n) is 4.10. The number of fused-ring (bicyclic) bond motifs is 1. The highest BCUT2D eigenvalue weighted by Crippen LogP contribution is 2.39. The van der Waals surface area contributed by atoms with E-state index in [4.69, 9.17) is 9.97 Å². The van der Waals surface area contributed by atoms with E-state index < -0.39 is 6.36 Å². The Kier molecular flexibility index (Phi) is 5.30. The molecule has 1 unspecified atom stereocenters. The van der Waals surface area contributed by atoms with Crippen LogP contribution in [0.2, 0.25) is 0 Å². The number of rotatable bonds is 4. The van der Waals surface area contributed by atoms with E-state index in [9.17, 15) is 13.2 Å². The molecule has 0 saturated heterocycles. The van der Waals surface area contributed by atoms with Crippen LogP contribution < -0.4 is 9.64 Å². The van der Waals surface area contributed by atoms with Gasteiger partial charge in [-0.05, 0) is 56.0 Å². The number of anilines is 1. The van der Waals surface area contributed by atoms with Crippen LogP contribution in [0.15, 0.2) is 47.7 Å². The second kappa shape index (κ2) is 7.78. The summed E-state index contributed by atoms with van der Waals surface area (Å²) in [4.78, 5) is 11.8. The monoisotopic (exact) mass is 415 g/mol. The van der Waals surface area contributed by atoms with Gasteiger partial charge in [-0.2, -0.15) is 0 Å². The van der Waals surface area contributed by atoms with Crippen LogP contribution >= 0.6 is 0 Å². The first-order valence-corrected chi connectivity index (χ1v) is 10.1. The number of benzene rings is 1. The van der Waals surface area contributed by atoms with Gasteiger partial charge in [-0.25, -0.2) is 9.97 Å². The molecule has 1 aromatic heterocycles. The van der Waals surface area contributed by atoms with Gasteiger partial charge in [0, 0.05) is 36.7 Å². The number of hydrogen-bond acceptors (Lipinski definition) is 4. The predicted octanol–water partition coefficient (Wildman–Crippen LogP) is 6.15. The van der Waals surface area contributed by atoms with Crippen LogP contribution in [-0.4, -0.2) is 23.4 Å². The van der Waals surface area contributed by atoms with Crippen LogP contribution in [0.5, 0.6) is 5.75 Å². The molecule has 0 N–H and O–H groups in total. The van der Waals surface area contributed by atoms with Gasteiger partial charge in [-0.15, -0.1) is 13.2 Å². The second-order valence-electron chi connectivity index (χ2n) is 7.92. The minimum Gasteiger partial charge on any atom is -0.406 e. The summed E-state index contributed by atoms with van der Waals surface area (Å²) < 4.78 is 41.6. The predicted molar refractivity (Wildman–Crippen MR) is 110 cm³/mol. The van der Waals surface area contributed by atoms with Gasteiger partial charge in [0.1, 0.15) is 17.4 Å². The highest BCUT2D eigenvalue weighted by atomic mass is 19.4. The fraction of sp³-hybridized carbons (Fsp3) is 0.391. The van der Waals surface area contributed by atoms with Crippen LogP contribution in [0.3, 0.4) is 0 Å². The number of hydrogen-bond donors (Lipinski definition) is 0. The molecule has 0 radical (unpaired) electrons. The van der Waals surface area contributed by atoms with Crippen molar-refractivity contribution in [2.24, 2.45) is 0 Å². The number of allylic oxidation sites excluding steroid dienone is 3. The molecule has 30 heavy (non-hydrogen) atoms. The van der Waals surface area contributed by atoms with Gasteiger partial charge in [-0.3, -0.25) is 0 Å². The highest BCUT2D eigenvalue weighted by Gasteiger charge is 2.31. The van der Waals surface area contributed by atoms with E-state index in [-0.39, 0.29) is 11.7 Å². The van der Waals surface area contributed by atoms with Crippen LogP contribution in [0.4, 0.5) is 19.0 Å². The van der Waals surface area contributed by atoms with Gasteiger partial charge in [0.25, 0.3) is 0 Å². The Balaban J connectivity index is 1.77. The maximum Gasteiger partial charge on any atom is 0.573 e. The molecule has 1 aliphatic carbocycles. The number of nitrogens with zero attached hydrogens (tertiary/aromatic N) is 3. The zero-order valence-corrected chi connectivity index (χ0v) is 17.3. The summed E-state index contributed by atoms with van der Waals surface area (Å²) in [6.07, 6.45) is 3.10. The Labute approximate surface area is 174 Å². The molecule has 0 saturated carbocycles. The molecule has 4 rings (SSSR count). The Morgan fingerprint density at radius 2 is 1.90 bits per heavy atom. The maximum absolute atomic E-state index is 12.5.